The summed E-state index contributed by atoms with van der Waals surface area (Å²) < 4.78 is 23.0. The van der Waals surface area contributed by atoms with Gasteiger partial charge in [-0.15, -0.1) is 11.8 Å². The number of thioether (sulfide) groups is 1. The Hall–Kier alpha value is -2.09. The van der Waals surface area contributed by atoms with E-state index < -0.39 is 11.9 Å². The van der Waals surface area contributed by atoms with Gasteiger partial charge in [0, 0.05) is 11.6 Å². The van der Waals surface area contributed by atoms with E-state index in [-0.39, 0.29) is 27.8 Å². The highest BCUT2D eigenvalue weighted by Gasteiger charge is 2.18. The molecule has 1 rings (SSSR count). The summed E-state index contributed by atoms with van der Waals surface area (Å²) in [4.78, 5) is 14.6. The molecule has 0 aliphatic carbocycles. The molecule has 0 radical (unpaired) electrons. The number of methoxy groups -OCH3 is 2. The minimum absolute atomic E-state index is 0.0275. The van der Waals surface area contributed by atoms with Crippen LogP contribution < -0.4 is 4.74 Å². The SMILES string of the molecule is COC(=O)N=C(SC)C(=N)c1cc(O)c(OC)cc1F. The molecule has 0 aromatic heterocycles. The number of carbonyl (C=O) groups is 1. The summed E-state index contributed by atoms with van der Waals surface area (Å²) in [5.41, 5.74) is -0.529. The Kier molecular flexibility index (Phi) is 5.51. The van der Waals surface area contributed by atoms with E-state index >= 15 is 0 Å². The number of amides is 1. The van der Waals surface area contributed by atoms with Crippen LogP contribution in [0.25, 0.3) is 0 Å². The van der Waals surface area contributed by atoms with Crippen molar-refractivity contribution in [1.29, 1.82) is 5.41 Å². The van der Waals surface area contributed by atoms with Crippen molar-refractivity contribution < 1.29 is 23.8 Å². The van der Waals surface area contributed by atoms with Gasteiger partial charge in [0.25, 0.3) is 0 Å². The first kappa shape index (κ1) is 16.0. The van der Waals surface area contributed by atoms with Gasteiger partial charge in [-0.2, -0.15) is 4.99 Å². The number of benzene rings is 1. The average Bonchev–Trinajstić information content (AvgIpc) is 2.45. The van der Waals surface area contributed by atoms with Gasteiger partial charge in [-0.05, 0) is 12.3 Å². The molecule has 0 bridgehead atoms. The maximum absolute atomic E-state index is 13.9. The van der Waals surface area contributed by atoms with Crippen molar-refractivity contribution in [1.82, 2.24) is 0 Å². The van der Waals surface area contributed by atoms with Gasteiger partial charge in [-0.1, -0.05) is 0 Å². The summed E-state index contributed by atoms with van der Waals surface area (Å²) >= 11 is 0.986. The van der Waals surface area contributed by atoms with E-state index in [1.54, 1.807) is 6.26 Å². The Balaban J connectivity index is 3.23. The van der Waals surface area contributed by atoms with Crippen molar-refractivity contribution in [3.05, 3.63) is 23.5 Å². The first-order valence-electron chi connectivity index (χ1n) is 5.31. The molecule has 0 fully saturated rings. The lowest BCUT2D eigenvalue weighted by Crippen LogP contribution is -2.14. The molecule has 0 spiro atoms. The molecule has 8 heteroatoms. The van der Waals surface area contributed by atoms with Gasteiger partial charge in [0.1, 0.15) is 10.9 Å². The molecule has 0 unspecified atom stereocenters. The van der Waals surface area contributed by atoms with Gasteiger partial charge in [0.2, 0.25) is 0 Å². The third-order valence-corrected chi connectivity index (χ3v) is 2.99. The van der Waals surface area contributed by atoms with E-state index in [0.29, 0.717) is 0 Å². The molecule has 0 aliphatic rings. The fraction of sp³-hybridized carbons (Fsp3) is 0.250. The highest BCUT2D eigenvalue weighted by atomic mass is 32.2. The van der Waals surface area contributed by atoms with E-state index in [2.05, 4.69) is 9.73 Å². The summed E-state index contributed by atoms with van der Waals surface area (Å²) in [6.45, 7) is 0. The van der Waals surface area contributed by atoms with E-state index in [0.717, 1.165) is 31.0 Å². The zero-order valence-corrected chi connectivity index (χ0v) is 11.9. The average molecular weight is 300 g/mol. The highest BCUT2D eigenvalue weighted by Crippen LogP contribution is 2.29. The number of nitrogens with zero attached hydrogens (tertiary/aromatic N) is 1. The maximum atomic E-state index is 13.9. The number of hydrogen-bond acceptors (Lipinski definition) is 6. The van der Waals surface area contributed by atoms with E-state index in [1.165, 1.54) is 7.11 Å². The van der Waals surface area contributed by atoms with Crippen LogP contribution in [0.3, 0.4) is 0 Å². The largest absolute Gasteiger partial charge is 0.504 e. The van der Waals surface area contributed by atoms with E-state index in [1.807, 2.05) is 0 Å². The van der Waals surface area contributed by atoms with Crippen LogP contribution in [0, 0.1) is 11.2 Å². The van der Waals surface area contributed by atoms with Gasteiger partial charge in [0.15, 0.2) is 11.5 Å². The molecule has 1 aromatic carbocycles. The predicted molar refractivity (Wildman–Crippen MR) is 74.8 cm³/mol. The molecule has 1 aromatic rings. The van der Waals surface area contributed by atoms with E-state index in [4.69, 9.17) is 10.1 Å². The summed E-state index contributed by atoms with van der Waals surface area (Å²) in [7, 11) is 2.43. The summed E-state index contributed by atoms with van der Waals surface area (Å²) in [6.07, 6.45) is 0.690. The molecule has 1 amide bonds. The lowest BCUT2D eigenvalue weighted by Gasteiger charge is -2.09. The van der Waals surface area contributed by atoms with Gasteiger partial charge < -0.3 is 14.6 Å². The van der Waals surface area contributed by atoms with Crippen LogP contribution in [0.4, 0.5) is 9.18 Å². The summed E-state index contributed by atoms with van der Waals surface area (Å²) in [6, 6.07) is 1.99. The number of hydrogen-bond donors (Lipinski definition) is 2. The molecule has 0 saturated carbocycles. The number of halogens is 1. The van der Waals surface area contributed by atoms with E-state index in [9.17, 15) is 14.3 Å². The maximum Gasteiger partial charge on any atom is 0.434 e. The van der Waals surface area contributed by atoms with Gasteiger partial charge in [0.05, 0.1) is 19.9 Å². The van der Waals surface area contributed by atoms with Gasteiger partial charge >= 0.3 is 6.09 Å². The van der Waals surface area contributed by atoms with Crippen LogP contribution in [0.5, 0.6) is 11.5 Å². The second-order valence-electron chi connectivity index (χ2n) is 3.47. The monoisotopic (exact) mass is 300 g/mol. The lowest BCUT2D eigenvalue weighted by molar-refractivity contribution is 0.183. The molecule has 2 N–H and O–H groups in total. The Morgan fingerprint density at radius 2 is 2.10 bits per heavy atom. The second-order valence-corrected chi connectivity index (χ2v) is 4.26. The quantitative estimate of drug-likeness (QED) is 0.660. The molecule has 6 nitrogen and oxygen atoms in total. The second kappa shape index (κ2) is 6.90. The van der Waals surface area contributed by atoms with Crippen molar-refractivity contribution in [2.75, 3.05) is 20.5 Å². The summed E-state index contributed by atoms with van der Waals surface area (Å²) in [5.74, 6) is -1.13. The number of aromatic hydroxyl groups is 1. The molecular formula is C12H13FN2O4S. The van der Waals surface area contributed by atoms with Crippen molar-refractivity contribution in [3.63, 3.8) is 0 Å². The zero-order valence-electron chi connectivity index (χ0n) is 11.1. The highest BCUT2D eigenvalue weighted by molar-refractivity contribution is 8.15. The topological polar surface area (TPSA) is 92.0 Å². The first-order chi connectivity index (χ1) is 9.44. The fourth-order valence-electron chi connectivity index (χ4n) is 1.35. The van der Waals surface area contributed by atoms with Crippen LogP contribution >= 0.6 is 11.8 Å². The zero-order chi connectivity index (χ0) is 15.3. The van der Waals surface area contributed by atoms with Crippen molar-refractivity contribution in [2.24, 2.45) is 4.99 Å². The molecular weight excluding hydrogens is 287 g/mol. The molecule has 0 atom stereocenters. The Morgan fingerprint density at radius 3 is 2.60 bits per heavy atom. The van der Waals surface area contributed by atoms with Crippen molar-refractivity contribution in [2.45, 2.75) is 0 Å². The predicted octanol–water partition coefficient (Wildman–Crippen LogP) is 2.44. The third-order valence-electron chi connectivity index (χ3n) is 2.31. The Bertz CT molecular complexity index is 575. The first-order valence-corrected chi connectivity index (χ1v) is 6.53. The smallest absolute Gasteiger partial charge is 0.434 e. The molecule has 0 saturated heterocycles. The van der Waals surface area contributed by atoms with Crippen LogP contribution in [0.1, 0.15) is 5.56 Å². The number of aliphatic imine (C=N–C) groups is 1. The third kappa shape index (κ3) is 3.47. The summed E-state index contributed by atoms with van der Waals surface area (Å²) in [5, 5.41) is 17.5. The van der Waals surface area contributed by atoms with Crippen LogP contribution in [0.15, 0.2) is 17.1 Å². The normalized spacial score (nSPS) is 11.1. The molecule has 0 aliphatic heterocycles. The van der Waals surface area contributed by atoms with Gasteiger partial charge in [-0.3, -0.25) is 5.41 Å². The Labute approximate surface area is 119 Å². The number of phenols is 1. The molecule has 20 heavy (non-hydrogen) atoms. The van der Waals surface area contributed by atoms with Crippen LogP contribution in [-0.4, -0.2) is 42.4 Å². The standard InChI is InChI=1S/C12H13FN2O4S/c1-18-9-5-7(13)6(4-8(9)16)10(14)11(20-3)15-12(17)19-2/h4-5,14,16H,1-3H3. The van der Waals surface area contributed by atoms with Crippen LogP contribution in [0.2, 0.25) is 0 Å². The fourth-order valence-corrected chi connectivity index (χ4v) is 1.83. The minimum atomic E-state index is -0.891. The van der Waals surface area contributed by atoms with Crippen molar-refractivity contribution in [3.8, 4) is 11.5 Å². The number of ether oxygens (including phenoxy) is 2. The minimum Gasteiger partial charge on any atom is -0.504 e. The van der Waals surface area contributed by atoms with Gasteiger partial charge in [-0.25, -0.2) is 9.18 Å². The van der Waals surface area contributed by atoms with Crippen molar-refractivity contribution >= 4 is 28.6 Å². The van der Waals surface area contributed by atoms with Crippen LogP contribution in [-0.2, 0) is 4.74 Å². The number of rotatable bonds is 3. The Morgan fingerprint density at radius 1 is 1.45 bits per heavy atom. The number of carbonyl (C=O) groups excluding carboxylic acids is 1. The number of phenolic OH excluding ortho intramolecular Hbond substituents is 1. The molecule has 108 valence electrons. The molecule has 0 heterocycles. The lowest BCUT2D eigenvalue weighted by atomic mass is 10.1. The number of nitrogens with one attached hydrogen (secondary N) is 1.